The van der Waals surface area contributed by atoms with E-state index in [-0.39, 0.29) is 23.1 Å². The molecule has 29 heavy (non-hydrogen) atoms. The van der Waals surface area contributed by atoms with Crippen LogP contribution in [0.25, 0.3) is 10.2 Å². The lowest BCUT2D eigenvalue weighted by Gasteiger charge is -2.26. The Balaban J connectivity index is 0.00000300. The van der Waals surface area contributed by atoms with E-state index >= 15 is 0 Å². The van der Waals surface area contributed by atoms with Crippen molar-refractivity contribution in [3.05, 3.63) is 54.6 Å². The lowest BCUT2D eigenvalue weighted by atomic mass is 9.85. The standard InChI is InChI=1S/C19H16N2O5S2.Al.3H/c22-15(23)10-19(17(25)26,16(24)20-12-6-2-1-3-7-12)11-27-18-21-13-8-4-5-9-14(13)28-18;;;;/h1-9H,10-11H2,(H,20,24)(H,22,23)(H,25,26);;;;. The second-order valence-corrected chi connectivity index (χ2v) is 8.27. The number of para-hydroxylation sites is 2. The highest BCUT2D eigenvalue weighted by atomic mass is 32.2. The van der Waals surface area contributed by atoms with Crippen LogP contribution in [0.2, 0.25) is 0 Å². The number of carbonyl (C=O) groups is 3. The number of thioether (sulfide) groups is 1. The fourth-order valence-electron chi connectivity index (χ4n) is 2.56. The van der Waals surface area contributed by atoms with Gasteiger partial charge in [0.25, 0.3) is 0 Å². The second-order valence-electron chi connectivity index (χ2n) is 6.01. The highest BCUT2D eigenvalue weighted by molar-refractivity contribution is 8.01. The Labute approximate surface area is 185 Å². The monoisotopic (exact) mass is 446 g/mol. The molecule has 0 radical (unpaired) electrons. The first-order valence-corrected chi connectivity index (χ1v) is 10.0. The molecule has 1 amide bonds. The third-order valence-electron chi connectivity index (χ3n) is 4.04. The highest BCUT2D eigenvalue weighted by Gasteiger charge is 2.48. The maximum absolute atomic E-state index is 12.8. The Morgan fingerprint density at radius 1 is 1.03 bits per heavy atom. The summed E-state index contributed by atoms with van der Waals surface area (Å²) in [4.78, 5) is 40.6. The molecular weight excluding hydrogens is 427 g/mol. The summed E-state index contributed by atoms with van der Waals surface area (Å²) in [5.74, 6) is -3.98. The molecule has 0 bridgehead atoms. The van der Waals surface area contributed by atoms with Crippen molar-refractivity contribution in [3.8, 4) is 0 Å². The Kier molecular flexibility index (Phi) is 7.82. The number of nitrogens with zero attached hydrogens (tertiary/aromatic N) is 1. The van der Waals surface area contributed by atoms with Crippen LogP contribution in [0.5, 0.6) is 0 Å². The zero-order valence-corrected chi connectivity index (χ0v) is 16.1. The Morgan fingerprint density at radius 2 is 1.69 bits per heavy atom. The van der Waals surface area contributed by atoms with Gasteiger partial charge in [-0.05, 0) is 24.3 Å². The van der Waals surface area contributed by atoms with Crippen molar-refractivity contribution in [2.45, 2.75) is 10.8 Å². The number of hydrogen-bond acceptors (Lipinski definition) is 6. The van der Waals surface area contributed by atoms with Crippen LogP contribution >= 0.6 is 23.1 Å². The summed E-state index contributed by atoms with van der Waals surface area (Å²) in [5.41, 5.74) is -0.971. The van der Waals surface area contributed by atoms with Crippen molar-refractivity contribution in [1.82, 2.24) is 4.98 Å². The minimum Gasteiger partial charge on any atom is -0.481 e. The van der Waals surface area contributed by atoms with Crippen LogP contribution in [-0.2, 0) is 14.4 Å². The normalized spacial score (nSPS) is 12.6. The minimum atomic E-state index is -2.13. The molecule has 3 rings (SSSR count). The number of carboxylic acid groups (broad SMARTS) is 2. The topological polar surface area (TPSA) is 117 Å². The Bertz CT molecular complexity index is 995. The van der Waals surface area contributed by atoms with Gasteiger partial charge >= 0.3 is 11.9 Å². The molecule has 0 aliphatic heterocycles. The number of nitrogens with one attached hydrogen (secondary N) is 1. The van der Waals surface area contributed by atoms with Crippen LogP contribution in [0.1, 0.15) is 6.42 Å². The summed E-state index contributed by atoms with van der Waals surface area (Å²) < 4.78 is 1.50. The third kappa shape index (κ3) is 5.37. The quantitative estimate of drug-likeness (QED) is 0.276. The maximum Gasteiger partial charge on any atom is 0.320 e. The fourth-order valence-corrected chi connectivity index (χ4v) is 4.83. The first-order valence-electron chi connectivity index (χ1n) is 8.21. The third-order valence-corrected chi connectivity index (χ3v) is 6.45. The minimum absolute atomic E-state index is 0. The molecule has 7 nitrogen and oxygen atoms in total. The molecule has 0 fully saturated rings. The van der Waals surface area contributed by atoms with Gasteiger partial charge in [-0.2, -0.15) is 0 Å². The molecule has 2 aromatic carbocycles. The first-order chi connectivity index (χ1) is 13.4. The molecule has 1 aromatic heterocycles. The van der Waals surface area contributed by atoms with E-state index in [1.54, 1.807) is 30.3 Å². The summed E-state index contributed by atoms with van der Waals surface area (Å²) in [6, 6.07) is 15.8. The van der Waals surface area contributed by atoms with Crippen LogP contribution in [0.4, 0.5) is 5.69 Å². The maximum atomic E-state index is 12.8. The summed E-state index contributed by atoms with van der Waals surface area (Å²) in [6.45, 7) is 0. The molecule has 1 heterocycles. The fraction of sp³-hybridized carbons (Fsp3) is 0.158. The number of thiazole rings is 1. The summed E-state index contributed by atoms with van der Waals surface area (Å²) in [6.07, 6.45) is -0.834. The smallest absolute Gasteiger partial charge is 0.320 e. The lowest BCUT2D eigenvalue weighted by Crippen LogP contribution is -2.46. The van der Waals surface area contributed by atoms with Crippen molar-refractivity contribution in [3.63, 3.8) is 0 Å². The van der Waals surface area contributed by atoms with Gasteiger partial charge in [0.1, 0.15) is 0 Å². The van der Waals surface area contributed by atoms with Gasteiger partial charge in [0, 0.05) is 11.4 Å². The van der Waals surface area contributed by atoms with Crippen molar-refractivity contribution < 1.29 is 24.6 Å². The number of amides is 1. The average Bonchev–Trinajstić information content (AvgIpc) is 3.08. The van der Waals surface area contributed by atoms with Crippen LogP contribution in [0.15, 0.2) is 58.9 Å². The number of carbonyl (C=O) groups excluding carboxylic acids is 1. The summed E-state index contributed by atoms with van der Waals surface area (Å²) in [7, 11) is 0. The Hall–Kier alpha value is -2.38. The van der Waals surface area contributed by atoms with E-state index in [0.717, 1.165) is 22.0 Å². The number of hydrogen-bond donors (Lipinski definition) is 3. The van der Waals surface area contributed by atoms with Crippen LogP contribution in [-0.4, -0.2) is 56.2 Å². The number of benzene rings is 2. The van der Waals surface area contributed by atoms with Gasteiger partial charge in [0.2, 0.25) is 5.91 Å². The summed E-state index contributed by atoms with van der Waals surface area (Å²) in [5, 5.41) is 21.6. The van der Waals surface area contributed by atoms with Crippen LogP contribution in [0.3, 0.4) is 0 Å². The van der Waals surface area contributed by atoms with E-state index in [0.29, 0.717) is 10.0 Å². The van der Waals surface area contributed by atoms with E-state index in [9.17, 15) is 24.6 Å². The highest BCUT2D eigenvalue weighted by Crippen LogP contribution is 2.36. The molecule has 1 unspecified atom stereocenters. The van der Waals surface area contributed by atoms with Gasteiger partial charge in [-0.1, -0.05) is 42.1 Å². The predicted molar refractivity (Wildman–Crippen MR) is 118 cm³/mol. The molecule has 0 aliphatic rings. The van der Waals surface area contributed by atoms with Gasteiger partial charge in [0.05, 0.1) is 16.6 Å². The van der Waals surface area contributed by atoms with Gasteiger partial charge in [-0.15, -0.1) is 11.3 Å². The predicted octanol–water partition coefficient (Wildman–Crippen LogP) is 2.39. The lowest BCUT2D eigenvalue weighted by molar-refractivity contribution is -0.158. The SMILES string of the molecule is O=C(O)CC(CSc1nc2ccccc2s1)(C(=O)O)C(=O)Nc1ccccc1.[AlH3]. The van der Waals surface area contributed by atoms with Crippen molar-refractivity contribution in [2.24, 2.45) is 5.41 Å². The summed E-state index contributed by atoms with van der Waals surface area (Å²) >= 11 is 2.43. The molecule has 3 N–H and O–H groups in total. The first kappa shape index (κ1) is 22.9. The number of aromatic nitrogens is 1. The molecule has 0 aliphatic carbocycles. The number of carboxylic acids is 2. The van der Waals surface area contributed by atoms with Crippen LogP contribution in [0, 0.1) is 5.41 Å². The number of rotatable bonds is 8. The van der Waals surface area contributed by atoms with E-state index < -0.39 is 29.7 Å². The zero-order chi connectivity index (χ0) is 20.1. The van der Waals surface area contributed by atoms with E-state index in [1.807, 2.05) is 24.3 Å². The molecule has 0 spiro atoms. The van der Waals surface area contributed by atoms with Crippen molar-refractivity contribution >= 4 is 74.2 Å². The molecule has 0 saturated heterocycles. The van der Waals surface area contributed by atoms with E-state index in [4.69, 9.17) is 0 Å². The van der Waals surface area contributed by atoms with E-state index in [2.05, 4.69) is 10.3 Å². The van der Waals surface area contributed by atoms with Crippen molar-refractivity contribution in [2.75, 3.05) is 11.1 Å². The molecular formula is C19H19AlN2O5S2. The molecule has 10 heteroatoms. The Morgan fingerprint density at radius 3 is 2.31 bits per heavy atom. The second kappa shape index (κ2) is 9.89. The van der Waals surface area contributed by atoms with Gasteiger partial charge < -0.3 is 15.5 Å². The number of fused-ring (bicyclic) bond motifs is 1. The van der Waals surface area contributed by atoms with Gasteiger partial charge in [-0.3, -0.25) is 14.4 Å². The molecule has 1 atom stereocenters. The van der Waals surface area contributed by atoms with Crippen LogP contribution < -0.4 is 5.32 Å². The zero-order valence-electron chi connectivity index (χ0n) is 14.5. The molecule has 0 saturated carbocycles. The number of anilines is 1. The molecule has 3 aromatic rings. The van der Waals surface area contributed by atoms with Gasteiger partial charge in [0.15, 0.2) is 27.1 Å². The largest absolute Gasteiger partial charge is 0.481 e. The van der Waals surface area contributed by atoms with Gasteiger partial charge in [-0.25, -0.2) is 4.98 Å². The number of aliphatic carboxylic acids is 2. The van der Waals surface area contributed by atoms with Crippen molar-refractivity contribution in [1.29, 1.82) is 0 Å². The average molecular weight is 446 g/mol. The molecule has 150 valence electrons. The van der Waals surface area contributed by atoms with E-state index in [1.165, 1.54) is 11.3 Å².